The van der Waals surface area contributed by atoms with E-state index in [0.29, 0.717) is 11.5 Å². The molecule has 1 N–H and O–H groups in total. The first kappa shape index (κ1) is 23.9. The summed E-state index contributed by atoms with van der Waals surface area (Å²) in [6.45, 7) is 8.32. The van der Waals surface area contributed by atoms with Gasteiger partial charge in [-0.15, -0.1) is 0 Å². The molecule has 34 heavy (non-hydrogen) atoms. The van der Waals surface area contributed by atoms with Crippen molar-refractivity contribution in [3.63, 3.8) is 0 Å². The van der Waals surface area contributed by atoms with Crippen LogP contribution in [0.3, 0.4) is 0 Å². The van der Waals surface area contributed by atoms with Crippen LogP contribution in [0, 0.1) is 65.1 Å². The minimum absolute atomic E-state index is 0.105. The maximum absolute atomic E-state index is 13.5. The van der Waals surface area contributed by atoms with E-state index < -0.39 is 0 Å². The predicted molar refractivity (Wildman–Crippen MR) is 135 cm³/mol. The Balaban J connectivity index is 1.26. The summed E-state index contributed by atoms with van der Waals surface area (Å²) >= 11 is 0. The second kappa shape index (κ2) is 9.65. The van der Waals surface area contributed by atoms with E-state index in [1.54, 1.807) is 6.07 Å². The molecule has 4 saturated carbocycles. The van der Waals surface area contributed by atoms with Crippen LogP contribution in [0.1, 0.15) is 82.8 Å². The van der Waals surface area contributed by atoms with E-state index in [-0.39, 0.29) is 17.2 Å². The van der Waals surface area contributed by atoms with Gasteiger partial charge in [-0.1, -0.05) is 6.92 Å². The molecule has 1 amide bonds. The quantitative estimate of drug-likeness (QED) is 0.528. The van der Waals surface area contributed by atoms with E-state index in [1.807, 2.05) is 19.1 Å². The highest BCUT2D eigenvalue weighted by Crippen LogP contribution is 2.64. The number of amides is 1. The van der Waals surface area contributed by atoms with Crippen LogP contribution in [0.2, 0.25) is 0 Å². The van der Waals surface area contributed by atoms with Crippen molar-refractivity contribution in [3.05, 3.63) is 29.3 Å². The van der Waals surface area contributed by atoms with Crippen molar-refractivity contribution in [2.45, 2.75) is 78.6 Å². The molecule has 1 aromatic carbocycles. The number of nitrogens with one attached hydrogen (secondary N) is 1. The predicted octanol–water partition coefficient (Wildman–Crippen LogP) is 6.73. The third-order valence-corrected chi connectivity index (χ3v) is 10.6. The zero-order valence-electron chi connectivity index (χ0n) is 21.3. The number of aryl methyl sites for hydroxylation is 1. The van der Waals surface area contributed by atoms with Gasteiger partial charge in [0.05, 0.1) is 11.6 Å². The molecule has 0 aromatic heterocycles. The lowest BCUT2D eigenvalue weighted by Gasteiger charge is -2.56. The molecule has 0 heterocycles. The van der Waals surface area contributed by atoms with E-state index in [1.165, 1.54) is 51.4 Å². The monoisotopic (exact) mass is 462 g/mol. The van der Waals surface area contributed by atoms with E-state index in [2.05, 4.69) is 25.2 Å². The van der Waals surface area contributed by atoms with Gasteiger partial charge in [0.1, 0.15) is 0 Å². The number of carbonyl (C=O) groups is 1. The van der Waals surface area contributed by atoms with E-state index >= 15 is 0 Å². The fourth-order valence-electron chi connectivity index (χ4n) is 8.91. The van der Waals surface area contributed by atoms with E-state index in [9.17, 15) is 4.79 Å². The van der Waals surface area contributed by atoms with Gasteiger partial charge in [-0.25, -0.2) is 0 Å². The molecule has 0 spiro atoms. The van der Waals surface area contributed by atoms with Gasteiger partial charge in [0.15, 0.2) is 0 Å². The Labute approximate surface area is 205 Å². The highest BCUT2D eigenvalue weighted by molar-refractivity contribution is 5.94. The zero-order chi connectivity index (χ0) is 23.9. The number of rotatable bonds is 5. The van der Waals surface area contributed by atoms with Crippen LogP contribution in [-0.4, -0.2) is 19.1 Å². The molecule has 4 aliphatic rings. The molecule has 0 saturated heterocycles. The first-order valence-corrected chi connectivity index (χ1v) is 13.8. The first-order chi connectivity index (χ1) is 16.4. The maximum atomic E-state index is 13.5. The summed E-state index contributed by atoms with van der Waals surface area (Å²) in [5.74, 6) is 5.29. The molecular weight excluding hydrogens is 420 g/mol. The summed E-state index contributed by atoms with van der Waals surface area (Å²) in [7, 11) is 0. The Bertz CT molecular complexity index is 952. The smallest absolute Gasteiger partial charge is 0.228 e. The largest absolute Gasteiger partial charge is 0.381 e. The van der Waals surface area contributed by atoms with Gasteiger partial charge in [0.25, 0.3) is 0 Å². The van der Waals surface area contributed by atoms with Gasteiger partial charge in [-0.2, -0.15) is 5.26 Å². The van der Waals surface area contributed by atoms with Crippen molar-refractivity contribution < 1.29 is 9.53 Å². The molecule has 184 valence electrons. The van der Waals surface area contributed by atoms with Crippen LogP contribution in [0.5, 0.6) is 0 Å². The lowest BCUT2D eigenvalue weighted by atomic mass is 9.49. The number of hydrogen-bond acceptors (Lipinski definition) is 3. The van der Waals surface area contributed by atoms with Crippen molar-refractivity contribution in [2.75, 3.05) is 18.5 Å². The van der Waals surface area contributed by atoms with Crippen molar-refractivity contribution in [3.8, 4) is 6.07 Å². The van der Waals surface area contributed by atoms with Gasteiger partial charge in [0, 0.05) is 24.8 Å². The van der Waals surface area contributed by atoms with Crippen LogP contribution < -0.4 is 5.32 Å². The Morgan fingerprint density at radius 1 is 1.12 bits per heavy atom. The molecule has 4 nitrogen and oxygen atoms in total. The van der Waals surface area contributed by atoms with Crippen LogP contribution in [0.4, 0.5) is 5.69 Å². The lowest BCUT2D eigenvalue weighted by molar-refractivity contribution is -0.127. The van der Waals surface area contributed by atoms with Crippen molar-refractivity contribution in [2.24, 2.45) is 46.8 Å². The van der Waals surface area contributed by atoms with Gasteiger partial charge in [-0.3, -0.25) is 4.79 Å². The van der Waals surface area contributed by atoms with Gasteiger partial charge in [-0.05, 0) is 136 Å². The fraction of sp³-hybridized carbons (Fsp3) is 0.733. The summed E-state index contributed by atoms with van der Waals surface area (Å²) < 4.78 is 5.77. The second-order valence-electron chi connectivity index (χ2n) is 12.1. The number of benzene rings is 1. The molecule has 4 fully saturated rings. The Morgan fingerprint density at radius 3 is 2.71 bits per heavy atom. The lowest BCUT2D eigenvalue weighted by Crippen LogP contribution is -2.50. The number of hydrogen-bond donors (Lipinski definition) is 1. The molecule has 7 unspecified atom stereocenters. The molecular formula is C30H42N2O2. The average molecular weight is 463 g/mol. The van der Waals surface area contributed by atoms with Gasteiger partial charge < -0.3 is 10.1 Å². The van der Waals surface area contributed by atoms with Crippen LogP contribution in [-0.2, 0) is 9.53 Å². The summed E-state index contributed by atoms with van der Waals surface area (Å²) in [6.07, 6.45) is 11.6. The first-order valence-electron chi connectivity index (χ1n) is 13.8. The van der Waals surface area contributed by atoms with Crippen molar-refractivity contribution >= 4 is 11.6 Å². The van der Waals surface area contributed by atoms with Crippen molar-refractivity contribution in [1.82, 2.24) is 0 Å². The normalized spacial score (nSPS) is 38.8. The van der Waals surface area contributed by atoms with Crippen molar-refractivity contribution in [1.29, 1.82) is 5.26 Å². The second-order valence-corrected chi connectivity index (χ2v) is 12.1. The topological polar surface area (TPSA) is 62.1 Å². The molecule has 1 aromatic rings. The zero-order valence-corrected chi connectivity index (χ0v) is 21.3. The van der Waals surface area contributed by atoms with Gasteiger partial charge >= 0.3 is 0 Å². The molecule has 5 rings (SSSR count). The summed E-state index contributed by atoms with van der Waals surface area (Å²) in [5, 5.41) is 12.4. The average Bonchev–Trinajstić information content (AvgIpc) is 3.21. The third-order valence-electron chi connectivity index (χ3n) is 10.6. The maximum Gasteiger partial charge on any atom is 0.228 e. The number of anilines is 1. The summed E-state index contributed by atoms with van der Waals surface area (Å²) in [4.78, 5) is 13.5. The number of carbonyl (C=O) groups excluding carboxylic acids is 1. The summed E-state index contributed by atoms with van der Waals surface area (Å²) in [6, 6.07) is 7.74. The Morgan fingerprint density at radius 2 is 1.94 bits per heavy atom. The fourth-order valence-corrected chi connectivity index (χ4v) is 8.91. The number of ether oxygens (including phenoxy) is 1. The Kier molecular flexibility index (Phi) is 6.77. The molecule has 8 atom stereocenters. The molecule has 0 radical (unpaired) electrons. The molecule has 0 aliphatic heterocycles. The minimum atomic E-state index is 0.105. The standard InChI is InChI=1S/C30H42N2O2/c1-4-34-18-21-5-8-23-22(16-21)7-9-25-24(23)13-14-30(3)26(25)10-11-27(30)29(33)32-28-12-6-20(17-31)15-19(28)2/h6,12,15,21-27H,4-5,7-11,13-14,16,18H2,1-3H3,(H,32,33)/t21?,22?,23?,24?,25?,26?,27-,30?/m1/s1. The summed E-state index contributed by atoms with van der Waals surface area (Å²) in [5.41, 5.74) is 2.59. The number of nitrogens with zero attached hydrogens (tertiary/aromatic N) is 1. The Hall–Kier alpha value is -1.86. The SMILES string of the molecule is CCOCC1CCC2C(CCC3C2CCC2(C)C3CC[C@@H]2C(=O)Nc2ccc(C#N)cc2C)C1. The third kappa shape index (κ3) is 4.19. The number of fused-ring (bicyclic) bond motifs is 5. The van der Waals surface area contributed by atoms with Crippen LogP contribution >= 0.6 is 0 Å². The number of nitriles is 1. The highest BCUT2D eigenvalue weighted by atomic mass is 16.5. The van der Waals surface area contributed by atoms with E-state index in [0.717, 1.165) is 60.5 Å². The van der Waals surface area contributed by atoms with E-state index in [4.69, 9.17) is 10.00 Å². The molecule has 0 bridgehead atoms. The minimum Gasteiger partial charge on any atom is -0.381 e. The highest BCUT2D eigenvalue weighted by Gasteiger charge is 2.58. The van der Waals surface area contributed by atoms with Gasteiger partial charge in [0.2, 0.25) is 5.91 Å². The van der Waals surface area contributed by atoms with Crippen LogP contribution in [0.25, 0.3) is 0 Å². The molecule has 4 heteroatoms. The molecule has 4 aliphatic carbocycles. The van der Waals surface area contributed by atoms with Crippen LogP contribution in [0.15, 0.2) is 18.2 Å².